The van der Waals surface area contributed by atoms with Crippen LogP contribution in [0.25, 0.3) is 28.0 Å². The maximum atomic E-state index is 13.6. The van der Waals surface area contributed by atoms with Gasteiger partial charge in [-0.05, 0) is 30.2 Å². The lowest BCUT2D eigenvalue weighted by molar-refractivity contribution is 0.0958. The first-order valence-electron chi connectivity index (χ1n) is 10.1. The highest BCUT2D eigenvalue weighted by molar-refractivity contribution is 6.23. The van der Waals surface area contributed by atoms with E-state index in [2.05, 4.69) is 0 Å². The van der Waals surface area contributed by atoms with Crippen LogP contribution in [0.15, 0.2) is 84.4 Å². The average molecular weight is 407 g/mol. The first kappa shape index (κ1) is 18.9. The number of phenolic OH excluding ortho intramolecular Hbond substituents is 1. The van der Waals surface area contributed by atoms with Gasteiger partial charge in [0.05, 0.1) is 11.4 Å². The molecule has 3 N–H and O–H groups in total. The lowest BCUT2D eigenvalue weighted by Gasteiger charge is -2.20. The van der Waals surface area contributed by atoms with Crippen molar-refractivity contribution >= 4 is 17.2 Å². The Labute approximate surface area is 180 Å². The Bertz CT molecular complexity index is 1340. The van der Waals surface area contributed by atoms with E-state index in [1.807, 2.05) is 67.6 Å². The van der Waals surface area contributed by atoms with Crippen LogP contribution in [-0.4, -0.2) is 20.8 Å². The maximum Gasteiger partial charge on any atom is 0.279 e. The first-order chi connectivity index (χ1) is 15.0. The van der Waals surface area contributed by atoms with Gasteiger partial charge >= 0.3 is 0 Å². The number of benzene rings is 3. The summed E-state index contributed by atoms with van der Waals surface area (Å²) < 4.78 is 1.52. The molecule has 1 aromatic heterocycles. The van der Waals surface area contributed by atoms with Crippen LogP contribution in [0.1, 0.15) is 23.0 Å². The summed E-state index contributed by atoms with van der Waals surface area (Å²) in [6.45, 7) is 1.96. The molecule has 4 aromatic rings. The van der Waals surface area contributed by atoms with Gasteiger partial charge in [-0.2, -0.15) is 9.78 Å². The molecule has 0 saturated carbocycles. The second-order valence-corrected chi connectivity index (χ2v) is 7.73. The number of nitrogens with zero attached hydrogens (tertiary/aromatic N) is 2. The summed E-state index contributed by atoms with van der Waals surface area (Å²) in [6, 6.07) is 24.8. The molecule has 152 valence electrons. The van der Waals surface area contributed by atoms with Crippen molar-refractivity contribution in [2.24, 2.45) is 0 Å². The molecular formula is C26H21N3O2. The molecule has 0 bridgehead atoms. The molecule has 3 aromatic carbocycles. The van der Waals surface area contributed by atoms with Crippen LogP contribution in [0.2, 0.25) is 0 Å². The van der Waals surface area contributed by atoms with Gasteiger partial charge in [0.25, 0.3) is 5.91 Å². The van der Waals surface area contributed by atoms with Crippen LogP contribution in [0, 0.1) is 0 Å². The summed E-state index contributed by atoms with van der Waals surface area (Å²) in [6.07, 6.45) is 0.589. The van der Waals surface area contributed by atoms with Gasteiger partial charge in [-0.25, -0.2) is 0 Å². The van der Waals surface area contributed by atoms with E-state index in [1.54, 1.807) is 12.1 Å². The van der Waals surface area contributed by atoms with E-state index in [1.165, 1.54) is 10.7 Å². The molecule has 0 unspecified atom stereocenters. The zero-order valence-electron chi connectivity index (χ0n) is 17.0. The number of aromatic nitrogens is 2. The molecule has 0 fully saturated rings. The average Bonchev–Trinajstić information content (AvgIpc) is 3.17. The molecule has 2 heterocycles. The smallest absolute Gasteiger partial charge is 0.279 e. The largest absolute Gasteiger partial charge is 0.506 e. The predicted molar refractivity (Wildman–Crippen MR) is 123 cm³/mol. The van der Waals surface area contributed by atoms with Crippen LogP contribution in [0.5, 0.6) is 5.75 Å². The quantitative estimate of drug-likeness (QED) is 0.362. The molecule has 5 nitrogen and oxygen atoms in total. The first-order valence-corrected chi connectivity index (χ1v) is 10.1. The monoisotopic (exact) mass is 407 g/mol. The minimum absolute atomic E-state index is 0.00256. The van der Waals surface area contributed by atoms with Gasteiger partial charge in [0.2, 0.25) is 0 Å². The van der Waals surface area contributed by atoms with Crippen LogP contribution in [0.3, 0.4) is 0 Å². The van der Waals surface area contributed by atoms with Crippen molar-refractivity contribution in [2.45, 2.75) is 13.3 Å². The lowest BCUT2D eigenvalue weighted by Crippen LogP contribution is -2.23. The molecule has 1 aliphatic rings. The van der Waals surface area contributed by atoms with Gasteiger partial charge in [-0.15, -0.1) is 0 Å². The maximum absolute atomic E-state index is 13.6. The third-order valence-corrected chi connectivity index (χ3v) is 5.67. The molecule has 0 saturated heterocycles. The van der Waals surface area contributed by atoms with E-state index in [0.717, 1.165) is 33.7 Å². The molecule has 0 atom stereocenters. The second-order valence-electron chi connectivity index (χ2n) is 7.73. The molecule has 31 heavy (non-hydrogen) atoms. The summed E-state index contributed by atoms with van der Waals surface area (Å²) in [4.78, 5) is 13.6. The van der Waals surface area contributed by atoms with E-state index < -0.39 is 0 Å². The van der Waals surface area contributed by atoms with Gasteiger partial charge < -0.3 is 10.8 Å². The molecule has 1 aliphatic heterocycles. The van der Waals surface area contributed by atoms with E-state index in [9.17, 15) is 9.90 Å². The van der Waals surface area contributed by atoms with Gasteiger partial charge in [-0.1, -0.05) is 72.3 Å². The number of aromatic hydroxyl groups is 1. The van der Waals surface area contributed by atoms with Crippen molar-refractivity contribution < 1.29 is 9.90 Å². The van der Waals surface area contributed by atoms with Crippen molar-refractivity contribution in [3.63, 3.8) is 0 Å². The highest BCUT2D eigenvalue weighted by Crippen LogP contribution is 2.40. The van der Waals surface area contributed by atoms with E-state index in [4.69, 9.17) is 10.8 Å². The third kappa shape index (κ3) is 3.11. The van der Waals surface area contributed by atoms with E-state index >= 15 is 0 Å². The van der Waals surface area contributed by atoms with Gasteiger partial charge in [0, 0.05) is 23.1 Å². The number of carbonyl (C=O) groups excluding carboxylic acids is 1. The summed E-state index contributed by atoms with van der Waals surface area (Å²) in [5.41, 5.74) is 13.0. The highest BCUT2D eigenvalue weighted by atomic mass is 16.3. The number of nitrogens with two attached hydrogens (primary N) is 1. The Kier molecular flexibility index (Phi) is 4.44. The molecule has 0 aliphatic carbocycles. The number of hydrogen-bond acceptors (Lipinski definition) is 4. The van der Waals surface area contributed by atoms with Crippen molar-refractivity contribution in [1.29, 1.82) is 0 Å². The molecule has 0 radical (unpaired) electrons. The highest BCUT2D eigenvalue weighted by Gasteiger charge is 2.31. The number of hydrogen-bond donors (Lipinski definition) is 2. The fraction of sp³-hybridized carbons (Fsp3) is 0.0769. The minimum atomic E-state index is -0.191. The van der Waals surface area contributed by atoms with Crippen molar-refractivity contribution in [3.05, 3.63) is 95.7 Å². The number of allylic oxidation sites excluding steroid dienone is 2. The number of rotatable bonds is 3. The number of carbonyl (C=O) groups is 1. The van der Waals surface area contributed by atoms with Crippen LogP contribution >= 0.6 is 0 Å². The number of nitrogen functional groups attached to an aromatic ring is 1. The Morgan fingerprint density at radius 3 is 2.19 bits per heavy atom. The Hall–Kier alpha value is -4.12. The predicted octanol–water partition coefficient (Wildman–Crippen LogP) is 5.17. The second kappa shape index (κ2) is 7.29. The summed E-state index contributed by atoms with van der Waals surface area (Å²) in [7, 11) is 0. The fourth-order valence-corrected chi connectivity index (χ4v) is 4.20. The third-order valence-electron chi connectivity index (χ3n) is 5.67. The molecular weight excluding hydrogens is 386 g/mol. The van der Waals surface area contributed by atoms with Gasteiger partial charge in [-0.3, -0.25) is 4.79 Å². The van der Waals surface area contributed by atoms with Gasteiger partial charge in [0.1, 0.15) is 11.4 Å². The van der Waals surface area contributed by atoms with Gasteiger partial charge in [0.15, 0.2) is 0 Å². The SMILES string of the molecule is CC1=C(c2ccc(O)c(N)c2)C(=O)n2nc(-c3ccccc3)c(-c3ccccc3)c2C1. The lowest BCUT2D eigenvalue weighted by atomic mass is 9.90. The fourth-order valence-electron chi connectivity index (χ4n) is 4.20. The van der Waals surface area contributed by atoms with Crippen LogP contribution < -0.4 is 5.73 Å². The standard InChI is InChI=1S/C26H21N3O2/c1-16-14-21-24(17-8-4-2-5-9-17)25(18-10-6-3-7-11-18)28-29(21)26(31)23(16)19-12-13-22(30)20(27)15-19/h2-13,15,30H,14,27H2,1H3. The Morgan fingerprint density at radius 2 is 1.55 bits per heavy atom. The molecule has 0 amide bonds. The summed E-state index contributed by atoms with van der Waals surface area (Å²) >= 11 is 0. The minimum Gasteiger partial charge on any atom is -0.506 e. The number of phenols is 1. The number of anilines is 1. The molecule has 5 heteroatoms. The zero-order chi connectivity index (χ0) is 21.5. The van der Waals surface area contributed by atoms with Crippen LogP contribution in [0.4, 0.5) is 5.69 Å². The molecule has 5 rings (SSSR count). The van der Waals surface area contributed by atoms with Crippen molar-refractivity contribution in [3.8, 4) is 28.1 Å². The Balaban J connectivity index is 1.72. The van der Waals surface area contributed by atoms with Crippen molar-refractivity contribution in [2.75, 3.05) is 5.73 Å². The van der Waals surface area contributed by atoms with E-state index in [0.29, 0.717) is 17.6 Å². The topological polar surface area (TPSA) is 81.1 Å². The van der Waals surface area contributed by atoms with Crippen LogP contribution in [-0.2, 0) is 6.42 Å². The summed E-state index contributed by atoms with van der Waals surface area (Å²) in [5, 5.41) is 14.6. The molecule has 0 spiro atoms. The van der Waals surface area contributed by atoms with Crippen molar-refractivity contribution in [1.82, 2.24) is 9.78 Å². The Morgan fingerprint density at radius 1 is 0.903 bits per heavy atom. The number of fused-ring (bicyclic) bond motifs is 1. The van der Waals surface area contributed by atoms with E-state index in [-0.39, 0.29) is 17.3 Å². The summed E-state index contributed by atoms with van der Waals surface area (Å²) in [5.74, 6) is -0.189. The normalized spacial score (nSPS) is 13.4. The zero-order valence-corrected chi connectivity index (χ0v) is 17.0.